The van der Waals surface area contributed by atoms with E-state index in [-0.39, 0.29) is 47.3 Å². The Bertz CT molecular complexity index is 1060. The summed E-state index contributed by atoms with van der Waals surface area (Å²) < 4.78 is 28.7. The van der Waals surface area contributed by atoms with Crippen LogP contribution < -0.4 is 4.90 Å². The van der Waals surface area contributed by atoms with Crippen LogP contribution in [0.15, 0.2) is 27.8 Å². The Balaban J connectivity index is 1.60. The standard InChI is InChI=1S/C19H21ClN4O4S2/c1-13-9-15(3-4-16(13)20)24(7-2-6-21)18(25)11-29-19-23-22-17(28-19)10-14-5-8-30(26,27)12-14/h3-4,9,14H,2,5,7-8,10-12H2,1H3. The molecule has 0 saturated carbocycles. The van der Waals surface area contributed by atoms with Crippen LogP contribution in [0.3, 0.4) is 0 Å². The Kier molecular flexibility index (Phi) is 7.39. The molecule has 8 nitrogen and oxygen atoms in total. The van der Waals surface area contributed by atoms with E-state index < -0.39 is 9.84 Å². The molecule has 1 atom stereocenters. The first-order valence-corrected chi connectivity index (χ1v) is 12.5. The van der Waals surface area contributed by atoms with Crippen LogP contribution in [0, 0.1) is 24.2 Å². The maximum absolute atomic E-state index is 12.8. The van der Waals surface area contributed by atoms with Crippen molar-refractivity contribution >= 4 is 44.8 Å². The van der Waals surface area contributed by atoms with Gasteiger partial charge in [0.2, 0.25) is 11.8 Å². The topological polar surface area (TPSA) is 117 Å². The highest BCUT2D eigenvalue weighted by Crippen LogP contribution is 2.26. The fourth-order valence-corrected chi connectivity index (χ4v) is 5.85. The van der Waals surface area contributed by atoms with Gasteiger partial charge in [-0.25, -0.2) is 8.42 Å². The van der Waals surface area contributed by atoms with E-state index in [2.05, 4.69) is 16.3 Å². The van der Waals surface area contributed by atoms with Crippen molar-refractivity contribution in [1.82, 2.24) is 10.2 Å². The number of hydrogen-bond acceptors (Lipinski definition) is 8. The van der Waals surface area contributed by atoms with Crippen LogP contribution in [0.1, 0.15) is 24.3 Å². The second-order valence-corrected chi connectivity index (χ2v) is 10.7. The second kappa shape index (κ2) is 9.81. The molecule has 2 heterocycles. The van der Waals surface area contributed by atoms with Crippen LogP contribution in [0.4, 0.5) is 5.69 Å². The van der Waals surface area contributed by atoms with Gasteiger partial charge in [0.1, 0.15) is 0 Å². The Labute approximate surface area is 184 Å². The molecule has 1 unspecified atom stereocenters. The van der Waals surface area contributed by atoms with Crippen molar-refractivity contribution in [1.29, 1.82) is 5.26 Å². The molecule has 1 aromatic carbocycles. The number of amides is 1. The van der Waals surface area contributed by atoms with Gasteiger partial charge in [0, 0.05) is 23.7 Å². The van der Waals surface area contributed by atoms with E-state index in [4.69, 9.17) is 21.3 Å². The molecule has 1 fully saturated rings. The second-order valence-electron chi connectivity index (χ2n) is 7.11. The maximum Gasteiger partial charge on any atom is 0.277 e. The van der Waals surface area contributed by atoms with Gasteiger partial charge in [-0.2, -0.15) is 5.26 Å². The van der Waals surface area contributed by atoms with Gasteiger partial charge in [-0.3, -0.25) is 4.79 Å². The molecule has 1 amide bonds. The van der Waals surface area contributed by atoms with Crippen molar-refractivity contribution in [2.45, 2.75) is 31.4 Å². The minimum absolute atomic E-state index is 0.00968. The first kappa shape index (κ1) is 22.6. The summed E-state index contributed by atoms with van der Waals surface area (Å²) in [5.74, 6) is 0.576. The third kappa shape index (κ3) is 5.97. The average Bonchev–Trinajstić information content (AvgIpc) is 3.28. The van der Waals surface area contributed by atoms with Crippen molar-refractivity contribution in [2.24, 2.45) is 5.92 Å². The number of rotatable bonds is 8. The minimum atomic E-state index is -2.96. The molecule has 0 spiro atoms. The fraction of sp³-hybridized carbons (Fsp3) is 0.474. The number of carbonyl (C=O) groups excluding carboxylic acids is 1. The largest absolute Gasteiger partial charge is 0.416 e. The lowest BCUT2D eigenvalue weighted by atomic mass is 10.1. The van der Waals surface area contributed by atoms with Crippen molar-refractivity contribution in [3.63, 3.8) is 0 Å². The van der Waals surface area contributed by atoms with E-state index in [1.165, 1.54) is 0 Å². The van der Waals surface area contributed by atoms with Crippen LogP contribution in [0.2, 0.25) is 5.02 Å². The first-order chi connectivity index (χ1) is 14.3. The monoisotopic (exact) mass is 468 g/mol. The highest BCUT2D eigenvalue weighted by Gasteiger charge is 2.29. The third-order valence-electron chi connectivity index (χ3n) is 4.76. The van der Waals surface area contributed by atoms with Gasteiger partial charge in [0.15, 0.2) is 9.84 Å². The first-order valence-electron chi connectivity index (χ1n) is 9.36. The number of aromatic nitrogens is 2. The van der Waals surface area contributed by atoms with E-state index in [0.29, 0.717) is 29.4 Å². The number of aryl methyl sites for hydroxylation is 1. The predicted octanol–water partition coefficient (Wildman–Crippen LogP) is 3.05. The van der Waals surface area contributed by atoms with Gasteiger partial charge in [-0.1, -0.05) is 23.4 Å². The van der Waals surface area contributed by atoms with Crippen LogP contribution in [-0.2, 0) is 21.1 Å². The van der Waals surface area contributed by atoms with Crippen LogP contribution in [0.5, 0.6) is 0 Å². The number of nitriles is 1. The average molecular weight is 469 g/mol. The van der Waals surface area contributed by atoms with Gasteiger partial charge in [0.25, 0.3) is 5.22 Å². The molecule has 0 bridgehead atoms. The fourth-order valence-electron chi connectivity index (χ4n) is 3.22. The zero-order valence-corrected chi connectivity index (χ0v) is 18.8. The summed E-state index contributed by atoms with van der Waals surface area (Å²) in [6.45, 7) is 2.12. The Morgan fingerprint density at radius 3 is 2.90 bits per heavy atom. The minimum Gasteiger partial charge on any atom is -0.416 e. The van der Waals surface area contributed by atoms with Gasteiger partial charge >= 0.3 is 0 Å². The van der Waals surface area contributed by atoms with E-state index >= 15 is 0 Å². The number of benzene rings is 1. The SMILES string of the molecule is Cc1cc(N(CCC#N)C(=O)CSc2nnc(CC3CCS(=O)(=O)C3)o2)ccc1Cl. The molecule has 0 aliphatic carbocycles. The van der Waals surface area contributed by atoms with Gasteiger partial charge in [-0.15, -0.1) is 10.2 Å². The number of carbonyl (C=O) groups is 1. The van der Waals surface area contributed by atoms with Crippen molar-refractivity contribution in [3.8, 4) is 6.07 Å². The molecule has 3 rings (SSSR count). The highest BCUT2D eigenvalue weighted by molar-refractivity contribution is 7.99. The summed E-state index contributed by atoms with van der Waals surface area (Å²) in [5, 5.41) is 17.7. The molecule has 11 heteroatoms. The van der Waals surface area contributed by atoms with E-state index in [0.717, 1.165) is 17.3 Å². The summed E-state index contributed by atoms with van der Waals surface area (Å²) in [6, 6.07) is 7.33. The summed E-state index contributed by atoms with van der Waals surface area (Å²) >= 11 is 7.18. The number of nitrogens with zero attached hydrogens (tertiary/aromatic N) is 4. The van der Waals surface area contributed by atoms with Crippen LogP contribution in [-0.4, -0.2) is 48.3 Å². The summed E-state index contributed by atoms with van der Waals surface area (Å²) in [4.78, 5) is 14.3. The molecule has 1 aromatic heterocycles. The molecule has 0 N–H and O–H groups in total. The number of thioether (sulfide) groups is 1. The van der Waals surface area contributed by atoms with E-state index in [1.54, 1.807) is 17.0 Å². The van der Waals surface area contributed by atoms with E-state index in [9.17, 15) is 13.2 Å². The Morgan fingerprint density at radius 2 is 2.23 bits per heavy atom. The molecule has 1 aliphatic heterocycles. The number of hydrogen-bond donors (Lipinski definition) is 0. The molecule has 1 aliphatic rings. The van der Waals surface area contributed by atoms with E-state index in [1.807, 2.05) is 13.0 Å². The highest BCUT2D eigenvalue weighted by atomic mass is 35.5. The smallest absolute Gasteiger partial charge is 0.277 e. The summed E-state index contributed by atoms with van der Waals surface area (Å²) in [5.41, 5.74) is 1.51. The van der Waals surface area contributed by atoms with Crippen molar-refractivity contribution in [2.75, 3.05) is 28.7 Å². The lowest BCUT2D eigenvalue weighted by Crippen LogP contribution is -2.33. The van der Waals surface area contributed by atoms with Crippen LogP contribution in [0.25, 0.3) is 0 Å². The van der Waals surface area contributed by atoms with Crippen LogP contribution >= 0.6 is 23.4 Å². The predicted molar refractivity (Wildman–Crippen MR) is 114 cm³/mol. The molecular formula is C19H21ClN4O4S2. The molecule has 2 aromatic rings. The molecule has 1 saturated heterocycles. The van der Waals surface area contributed by atoms with Crippen molar-refractivity contribution in [3.05, 3.63) is 34.7 Å². The number of anilines is 1. The third-order valence-corrected chi connectivity index (χ3v) is 7.82. The number of sulfone groups is 1. The Morgan fingerprint density at radius 1 is 1.43 bits per heavy atom. The quantitative estimate of drug-likeness (QED) is 0.542. The normalized spacial score (nSPS) is 17.6. The zero-order chi connectivity index (χ0) is 21.7. The molecule has 0 radical (unpaired) electrons. The summed E-state index contributed by atoms with van der Waals surface area (Å²) in [6.07, 6.45) is 1.21. The lowest BCUT2D eigenvalue weighted by Gasteiger charge is -2.22. The van der Waals surface area contributed by atoms with Gasteiger partial charge < -0.3 is 9.32 Å². The molecular weight excluding hydrogens is 448 g/mol. The number of halogens is 1. The lowest BCUT2D eigenvalue weighted by molar-refractivity contribution is -0.116. The zero-order valence-electron chi connectivity index (χ0n) is 16.4. The Hall–Kier alpha value is -2.09. The molecule has 160 valence electrons. The van der Waals surface area contributed by atoms with Gasteiger partial charge in [0.05, 0.1) is 29.7 Å². The summed E-state index contributed by atoms with van der Waals surface area (Å²) in [7, 11) is -2.96. The molecule has 30 heavy (non-hydrogen) atoms. The van der Waals surface area contributed by atoms with Crippen molar-refractivity contribution < 1.29 is 17.6 Å². The van der Waals surface area contributed by atoms with Gasteiger partial charge in [-0.05, 0) is 43.0 Å². The maximum atomic E-state index is 12.8.